The van der Waals surface area contributed by atoms with Crippen LogP contribution in [-0.4, -0.2) is 11.1 Å². The summed E-state index contributed by atoms with van der Waals surface area (Å²) < 4.78 is 18.5. The lowest BCUT2D eigenvalue weighted by atomic mass is 10.1. The predicted octanol–water partition coefficient (Wildman–Crippen LogP) is 3.76. The van der Waals surface area contributed by atoms with Crippen LogP contribution in [0.25, 0.3) is 0 Å². The van der Waals surface area contributed by atoms with Gasteiger partial charge in [0.05, 0.1) is 10.6 Å². The highest BCUT2D eigenvalue weighted by Crippen LogP contribution is 2.24. The zero-order valence-corrected chi connectivity index (χ0v) is 10.5. The molecule has 0 saturated carbocycles. The second-order valence-electron chi connectivity index (χ2n) is 3.83. The van der Waals surface area contributed by atoms with Gasteiger partial charge in [-0.3, -0.25) is 0 Å². The second-order valence-corrected chi connectivity index (χ2v) is 4.23. The summed E-state index contributed by atoms with van der Waals surface area (Å²) in [6, 6.07) is 10.2. The highest BCUT2D eigenvalue weighted by atomic mass is 35.5. The summed E-state index contributed by atoms with van der Waals surface area (Å²) in [5, 5.41) is 9.42. The number of hydrogen-bond donors (Lipinski definition) is 1. The Bertz CT molecular complexity index is 613. The molecule has 0 fully saturated rings. The van der Waals surface area contributed by atoms with Gasteiger partial charge in [-0.25, -0.2) is 9.18 Å². The first kappa shape index (κ1) is 13.4. The van der Waals surface area contributed by atoms with Gasteiger partial charge < -0.3 is 9.84 Å². The Labute approximate surface area is 114 Å². The minimum absolute atomic E-state index is 0.00783. The summed E-state index contributed by atoms with van der Waals surface area (Å²) in [6.45, 7) is -0.0663. The lowest BCUT2D eigenvalue weighted by molar-refractivity contribution is 0.0694. The molecule has 2 aromatic rings. The monoisotopic (exact) mass is 280 g/mol. The molecule has 0 saturated heterocycles. The van der Waals surface area contributed by atoms with Crippen LogP contribution in [0.4, 0.5) is 4.39 Å². The molecular formula is C14H10ClFO3. The van der Waals surface area contributed by atoms with E-state index in [1.807, 2.05) is 0 Å². The Morgan fingerprint density at radius 1 is 1.26 bits per heavy atom. The molecule has 0 aliphatic rings. The van der Waals surface area contributed by atoms with Gasteiger partial charge in [0.2, 0.25) is 0 Å². The first-order valence-electron chi connectivity index (χ1n) is 5.47. The molecular weight excluding hydrogens is 271 g/mol. The summed E-state index contributed by atoms with van der Waals surface area (Å²) in [6.07, 6.45) is 0. The summed E-state index contributed by atoms with van der Waals surface area (Å²) in [4.78, 5) is 11.0. The molecule has 2 rings (SSSR count). The number of ether oxygens (including phenoxy) is 1. The molecule has 0 aliphatic carbocycles. The van der Waals surface area contributed by atoms with Crippen LogP contribution in [0.1, 0.15) is 15.9 Å². The van der Waals surface area contributed by atoms with E-state index >= 15 is 0 Å². The molecule has 0 amide bonds. The largest absolute Gasteiger partial charge is 0.487 e. The number of para-hydroxylation sites is 1. The molecule has 0 bridgehead atoms. The lowest BCUT2D eigenvalue weighted by Gasteiger charge is -2.10. The minimum atomic E-state index is -1.13. The molecule has 0 aromatic heterocycles. The Hall–Kier alpha value is -2.07. The van der Waals surface area contributed by atoms with E-state index in [0.29, 0.717) is 10.8 Å². The van der Waals surface area contributed by atoms with Gasteiger partial charge in [-0.15, -0.1) is 0 Å². The fraction of sp³-hybridized carbons (Fsp3) is 0.0714. The normalized spacial score (nSPS) is 10.2. The maximum atomic E-state index is 13.1. The fourth-order valence-corrected chi connectivity index (χ4v) is 1.80. The van der Waals surface area contributed by atoms with Crippen molar-refractivity contribution in [1.29, 1.82) is 0 Å². The van der Waals surface area contributed by atoms with Crippen molar-refractivity contribution >= 4 is 17.6 Å². The number of carboxylic acid groups (broad SMARTS) is 1. The van der Waals surface area contributed by atoms with Gasteiger partial charge in [0.25, 0.3) is 0 Å². The van der Waals surface area contributed by atoms with Crippen LogP contribution in [0, 0.1) is 5.82 Å². The lowest BCUT2D eigenvalue weighted by Crippen LogP contribution is -2.06. The zero-order chi connectivity index (χ0) is 13.8. The zero-order valence-electron chi connectivity index (χ0n) is 9.77. The number of benzene rings is 2. The SMILES string of the molecule is O=C(O)c1ccc(F)cc1COc1ccccc1Cl. The van der Waals surface area contributed by atoms with Crippen molar-refractivity contribution in [1.82, 2.24) is 0 Å². The minimum Gasteiger partial charge on any atom is -0.487 e. The molecule has 98 valence electrons. The number of aromatic carboxylic acids is 1. The molecule has 3 nitrogen and oxygen atoms in total. The maximum Gasteiger partial charge on any atom is 0.336 e. The third-order valence-electron chi connectivity index (χ3n) is 2.52. The molecule has 0 radical (unpaired) electrons. The van der Waals surface area contributed by atoms with Crippen LogP contribution >= 0.6 is 11.6 Å². The Morgan fingerprint density at radius 3 is 2.68 bits per heavy atom. The van der Waals surface area contributed by atoms with Gasteiger partial charge in [0.15, 0.2) is 0 Å². The number of carboxylic acids is 1. The molecule has 0 unspecified atom stereocenters. The number of rotatable bonds is 4. The van der Waals surface area contributed by atoms with Crippen LogP contribution in [-0.2, 0) is 6.61 Å². The smallest absolute Gasteiger partial charge is 0.336 e. The molecule has 0 heterocycles. The average Bonchev–Trinajstić information content (AvgIpc) is 2.37. The third kappa shape index (κ3) is 3.23. The molecule has 5 heteroatoms. The van der Waals surface area contributed by atoms with E-state index in [1.54, 1.807) is 24.3 Å². The molecule has 0 aliphatic heterocycles. The van der Waals surface area contributed by atoms with Crippen molar-refractivity contribution < 1.29 is 19.0 Å². The quantitative estimate of drug-likeness (QED) is 0.927. The third-order valence-corrected chi connectivity index (χ3v) is 2.83. The topological polar surface area (TPSA) is 46.5 Å². The summed E-state index contributed by atoms with van der Waals surface area (Å²) in [7, 11) is 0. The van der Waals surface area contributed by atoms with Gasteiger partial charge >= 0.3 is 5.97 Å². The van der Waals surface area contributed by atoms with E-state index in [0.717, 1.165) is 12.1 Å². The fourth-order valence-electron chi connectivity index (χ4n) is 1.61. The van der Waals surface area contributed by atoms with Gasteiger partial charge in [-0.2, -0.15) is 0 Å². The van der Waals surface area contributed by atoms with E-state index in [4.69, 9.17) is 21.4 Å². The molecule has 0 atom stereocenters. The number of halogens is 2. The average molecular weight is 281 g/mol. The van der Waals surface area contributed by atoms with Gasteiger partial charge in [-0.05, 0) is 30.3 Å². The van der Waals surface area contributed by atoms with Crippen LogP contribution in [0.3, 0.4) is 0 Å². The molecule has 1 N–H and O–H groups in total. The van der Waals surface area contributed by atoms with Crippen molar-refractivity contribution in [2.45, 2.75) is 6.61 Å². The second kappa shape index (κ2) is 5.71. The first-order chi connectivity index (χ1) is 9.08. The number of hydrogen-bond acceptors (Lipinski definition) is 2. The van der Waals surface area contributed by atoms with Crippen LogP contribution in [0.5, 0.6) is 5.75 Å². The Balaban J connectivity index is 2.22. The maximum absolute atomic E-state index is 13.1. The van der Waals surface area contributed by atoms with Crippen molar-refractivity contribution in [2.75, 3.05) is 0 Å². The van der Waals surface area contributed by atoms with Gasteiger partial charge in [0.1, 0.15) is 18.2 Å². The van der Waals surface area contributed by atoms with Crippen LogP contribution < -0.4 is 4.74 Å². The van der Waals surface area contributed by atoms with Crippen molar-refractivity contribution in [2.24, 2.45) is 0 Å². The van der Waals surface area contributed by atoms with Gasteiger partial charge in [0, 0.05) is 5.56 Å². The number of carbonyl (C=O) groups is 1. The molecule has 0 spiro atoms. The first-order valence-corrected chi connectivity index (χ1v) is 5.85. The van der Waals surface area contributed by atoms with Gasteiger partial charge in [-0.1, -0.05) is 23.7 Å². The standard InChI is InChI=1S/C14H10ClFO3/c15-12-3-1-2-4-13(12)19-8-9-7-10(16)5-6-11(9)14(17)18/h1-7H,8H2,(H,17,18). The highest BCUT2D eigenvalue weighted by molar-refractivity contribution is 6.32. The summed E-state index contributed by atoms with van der Waals surface area (Å²) >= 11 is 5.91. The van der Waals surface area contributed by atoms with Crippen molar-refractivity contribution in [3.63, 3.8) is 0 Å². The van der Waals surface area contributed by atoms with Crippen LogP contribution in [0.15, 0.2) is 42.5 Å². The van der Waals surface area contributed by atoms with E-state index in [2.05, 4.69) is 0 Å². The highest BCUT2D eigenvalue weighted by Gasteiger charge is 2.12. The van der Waals surface area contributed by atoms with E-state index in [-0.39, 0.29) is 17.7 Å². The van der Waals surface area contributed by atoms with Crippen LogP contribution in [0.2, 0.25) is 5.02 Å². The van der Waals surface area contributed by atoms with E-state index in [9.17, 15) is 9.18 Å². The predicted molar refractivity (Wildman–Crippen MR) is 69.1 cm³/mol. The van der Waals surface area contributed by atoms with E-state index < -0.39 is 11.8 Å². The Kier molecular flexibility index (Phi) is 4.02. The summed E-state index contributed by atoms with van der Waals surface area (Å²) in [5.41, 5.74) is 0.265. The summed E-state index contributed by atoms with van der Waals surface area (Å²) in [5.74, 6) is -1.22. The Morgan fingerprint density at radius 2 is 2.00 bits per heavy atom. The molecule has 2 aromatic carbocycles. The molecule has 19 heavy (non-hydrogen) atoms. The van der Waals surface area contributed by atoms with E-state index in [1.165, 1.54) is 6.07 Å². The van der Waals surface area contributed by atoms with Crippen molar-refractivity contribution in [3.8, 4) is 5.75 Å². The van der Waals surface area contributed by atoms with Crippen molar-refractivity contribution in [3.05, 3.63) is 64.4 Å².